The number of pyridine rings is 1. The van der Waals surface area contributed by atoms with Gasteiger partial charge in [0.1, 0.15) is 6.54 Å². The van der Waals surface area contributed by atoms with Gasteiger partial charge in [0.05, 0.1) is 10.6 Å². The summed E-state index contributed by atoms with van der Waals surface area (Å²) in [6.45, 7) is -0.226. The first-order valence-corrected chi connectivity index (χ1v) is 11.6. The van der Waals surface area contributed by atoms with Crippen LogP contribution in [0, 0.1) is 0 Å². The summed E-state index contributed by atoms with van der Waals surface area (Å²) < 4.78 is 61.4. The summed E-state index contributed by atoms with van der Waals surface area (Å²) in [6, 6.07) is 11.5. The zero-order chi connectivity index (χ0) is 24.7. The summed E-state index contributed by atoms with van der Waals surface area (Å²) in [6.07, 6.45) is 3.13. The molecule has 3 amide bonds. The van der Waals surface area contributed by atoms with Gasteiger partial charge in [-0.2, -0.15) is 13.2 Å². The van der Waals surface area contributed by atoms with Crippen molar-refractivity contribution in [1.29, 1.82) is 0 Å². The number of benzene rings is 2. The highest BCUT2D eigenvalue weighted by Crippen LogP contribution is 2.33. The van der Waals surface area contributed by atoms with Gasteiger partial charge >= 0.3 is 11.5 Å². The number of imide groups is 1. The van der Waals surface area contributed by atoms with Gasteiger partial charge in [-0.25, -0.2) is 18.1 Å². The predicted molar refractivity (Wildman–Crippen MR) is 118 cm³/mol. The molecule has 3 aromatic rings. The second-order valence-corrected chi connectivity index (χ2v) is 9.67. The lowest BCUT2D eigenvalue weighted by Gasteiger charge is -2.19. The summed E-state index contributed by atoms with van der Waals surface area (Å²) >= 11 is 6.29. The number of carbonyl (C=O) groups is 2. The molecule has 0 unspecified atom stereocenters. The van der Waals surface area contributed by atoms with Crippen LogP contribution in [-0.4, -0.2) is 42.3 Å². The monoisotopic (exact) mass is 509 g/mol. The Kier molecular flexibility index (Phi) is 6.09. The fourth-order valence-electron chi connectivity index (χ4n) is 3.52. The van der Waals surface area contributed by atoms with Crippen molar-refractivity contribution >= 4 is 39.1 Å². The lowest BCUT2D eigenvalue weighted by Crippen LogP contribution is -2.33. The van der Waals surface area contributed by atoms with Gasteiger partial charge in [-0.3, -0.25) is 9.78 Å². The van der Waals surface area contributed by atoms with E-state index in [1.807, 2.05) is 0 Å². The first-order valence-electron chi connectivity index (χ1n) is 9.72. The minimum atomic E-state index is -5.55. The van der Waals surface area contributed by atoms with Crippen molar-refractivity contribution < 1.29 is 31.2 Å². The number of hydrogen-bond donors (Lipinski definition) is 0. The molecule has 4 rings (SSSR count). The Balaban J connectivity index is 1.59. The third kappa shape index (κ3) is 4.24. The SMILES string of the molecule is O=C1CN(Cc2ccncc2-c2ccccc2Cl)C(=O)N1c1ccc(S(=O)(=O)C(F)(F)F)cc1. The standard InChI is InChI=1S/C22H15ClF3N3O4S/c23-19-4-2-1-3-17(19)18-11-27-10-9-14(18)12-28-13-20(30)29(21(28)31)15-5-7-16(8-6-15)34(32,33)22(24,25)26/h1-11H,12-13H2. The average molecular weight is 510 g/mol. The number of urea groups is 1. The van der Waals surface area contributed by atoms with Crippen LogP contribution in [0.3, 0.4) is 0 Å². The molecule has 1 fully saturated rings. The number of hydrogen-bond acceptors (Lipinski definition) is 5. The van der Waals surface area contributed by atoms with Crippen molar-refractivity contribution in [3.05, 3.63) is 77.6 Å². The Hall–Kier alpha value is -3.44. The Morgan fingerprint density at radius 1 is 0.971 bits per heavy atom. The maximum absolute atomic E-state index is 13.0. The van der Waals surface area contributed by atoms with Crippen molar-refractivity contribution in [2.75, 3.05) is 11.4 Å². The molecule has 1 saturated heterocycles. The number of aromatic nitrogens is 1. The number of nitrogens with zero attached hydrogens (tertiary/aromatic N) is 3. The second-order valence-electron chi connectivity index (χ2n) is 7.32. The number of amides is 3. The van der Waals surface area contributed by atoms with Gasteiger partial charge < -0.3 is 4.90 Å². The normalized spacial score (nSPS) is 14.7. The highest BCUT2D eigenvalue weighted by Gasteiger charge is 2.47. The molecule has 0 radical (unpaired) electrons. The zero-order valence-electron chi connectivity index (χ0n) is 17.2. The molecule has 0 spiro atoms. The predicted octanol–water partition coefficient (Wildman–Crippen LogP) is 4.66. The quantitative estimate of drug-likeness (QED) is 0.467. The lowest BCUT2D eigenvalue weighted by atomic mass is 10.0. The Labute approximate surface area is 197 Å². The average Bonchev–Trinajstić information content (AvgIpc) is 3.06. The van der Waals surface area contributed by atoms with Gasteiger partial charge in [0.25, 0.3) is 15.7 Å². The molecule has 2 aromatic carbocycles. The molecule has 0 atom stereocenters. The Morgan fingerprint density at radius 2 is 1.65 bits per heavy atom. The highest BCUT2D eigenvalue weighted by atomic mass is 35.5. The molecular formula is C22H15ClF3N3O4S. The van der Waals surface area contributed by atoms with E-state index in [1.165, 1.54) is 11.1 Å². The van der Waals surface area contributed by atoms with Gasteiger partial charge in [0.15, 0.2) is 0 Å². The van der Waals surface area contributed by atoms with Crippen LogP contribution in [-0.2, 0) is 21.2 Å². The van der Waals surface area contributed by atoms with Gasteiger partial charge in [-0.1, -0.05) is 29.8 Å². The largest absolute Gasteiger partial charge is 0.501 e. The van der Waals surface area contributed by atoms with E-state index in [4.69, 9.17) is 11.6 Å². The summed E-state index contributed by atoms with van der Waals surface area (Å²) in [5.41, 5.74) is -3.46. The molecule has 7 nitrogen and oxygen atoms in total. The van der Waals surface area contributed by atoms with Crippen molar-refractivity contribution in [2.45, 2.75) is 16.9 Å². The number of alkyl halides is 3. The minimum Gasteiger partial charge on any atom is -0.310 e. The fourth-order valence-corrected chi connectivity index (χ4v) is 4.52. The lowest BCUT2D eigenvalue weighted by molar-refractivity contribution is -0.116. The van der Waals surface area contributed by atoms with E-state index in [0.717, 1.165) is 17.0 Å². The van der Waals surface area contributed by atoms with Crippen molar-refractivity contribution in [2.24, 2.45) is 0 Å². The molecule has 176 valence electrons. The fraction of sp³-hybridized carbons (Fsp3) is 0.136. The molecule has 1 aromatic heterocycles. The molecule has 34 heavy (non-hydrogen) atoms. The molecule has 12 heteroatoms. The number of rotatable bonds is 5. The molecule has 0 N–H and O–H groups in total. The van der Waals surface area contributed by atoms with E-state index in [-0.39, 0.29) is 18.8 Å². The van der Waals surface area contributed by atoms with Crippen LogP contribution in [0.1, 0.15) is 5.56 Å². The van der Waals surface area contributed by atoms with Gasteiger partial charge in [-0.15, -0.1) is 0 Å². The van der Waals surface area contributed by atoms with Crippen LogP contribution < -0.4 is 4.90 Å². The van der Waals surface area contributed by atoms with Crippen LogP contribution in [0.4, 0.5) is 23.7 Å². The van der Waals surface area contributed by atoms with Crippen molar-refractivity contribution in [1.82, 2.24) is 9.88 Å². The first-order chi connectivity index (χ1) is 16.0. The molecule has 0 bridgehead atoms. The van der Waals surface area contributed by atoms with Gasteiger partial charge in [0.2, 0.25) is 0 Å². The Morgan fingerprint density at radius 3 is 2.29 bits per heavy atom. The number of carbonyl (C=O) groups excluding carboxylic acids is 2. The van der Waals surface area contributed by atoms with Gasteiger partial charge in [0, 0.05) is 35.1 Å². The maximum Gasteiger partial charge on any atom is 0.501 e. The molecule has 1 aliphatic heterocycles. The summed E-state index contributed by atoms with van der Waals surface area (Å²) in [4.78, 5) is 30.7. The first kappa shape index (κ1) is 23.7. The Bertz CT molecular complexity index is 1380. The smallest absolute Gasteiger partial charge is 0.310 e. The third-order valence-electron chi connectivity index (χ3n) is 5.18. The summed E-state index contributed by atoms with van der Waals surface area (Å²) in [7, 11) is -5.55. The molecule has 2 heterocycles. The van der Waals surface area contributed by atoms with E-state index < -0.39 is 32.2 Å². The molecular weight excluding hydrogens is 495 g/mol. The van der Waals surface area contributed by atoms with Crippen LogP contribution in [0.5, 0.6) is 0 Å². The van der Waals surface area contributed by atoms with Crippen molar-refractivity contribution in [3.8, 4) is 11.1 Å². The van der Waals surface area contributed by atoms with Crippen LogP contribution in [0.15, 0.2) is 71.9 Å². The maximum atomic E-state index is 13.0. The topological polar surface area (TPSA) is 87.7 Å². The van der Waals surface area contributed by atoms with E-state index >= 15 is 0 Å². The van der Waals surface area contributed by atoms with E-state index in [1.54, 1.807) is 36.5 Å². The van der Waals surface area contributed by atoms with Crippen molar-refractivity contribution in [3.63, 3.8) is 0 Å². The highest BCUT2D eigenvalue weighted by molar-refractivity contribution is 7.92. The summed E-state index contributed by atoms with van der Waals surface area (Å²) in [5.74, 6) is -0.607. The van der Waals surface area contributed by atoms with E-state index in [2.05, 4.69) is 4.98 Å². The summed E-state index contributed by atoms with van der Waals surface area (Å²) in [5, 5.41) is 0.483. The number of sulfone groups is 1. The van der Waals surface area contributed by atoms with E-state index in [0.29, 0.717) is 33.8 Å². The van der Waals surface area contributed by atoms with Crippen LogP contribution >= 0.6 is 11.6 Å². The third-order valence-corrected chi connectivity index (χ3v) is 7.02. The van der Waals surface area contributed by atoms with Gasteiger partial charge in [-0.05, 0) is 42.0 Å². The second kappa shape index (κ2) is 8.73. The number of anilines is 1. The molecule has 1 aliphatic rings. The minimum absolute atomic E-state index is 0.0420. The molecule has 0 aliphatic carbocycles. The zero-order valence-corrected chi connectivity index (χ0v) is 18.7. The number of halogens is 4. The molecule has 0 saturated carbocycles. The van der Waals surface area contributed by atoms with Crippen LogP contribution in [0.25, 0.3) is 11.1 Å². The van der Waals surface area contributed by atoms with Crippen LogP contribution in [0.2, 0.25) is 5.02 Å². The van der Waals surface area contributed by atoms with E-state index in [9.17, 15) is 31.2 Å².